The molecule has 0 atom stereocenters. The summed E-state index contributed by atoms with van der Waals surface area (Å²) < 4.78 is 7.57. The molecule has 2 aromatic heterocycles. The molecular formula is C22H25N5O2. The lowest BCUT2D eigenvalue weighted by molar-refractivity contribution is -0.132. The first-order chi connectivity index (χ1) is 14.3. The van der Waals surface area contributed by atoms with Gasteiger partial charge in [0, 0.05) is 50.3 Å². The first-order valence-corrected chi connectivity index (χ1v) is 9.94. The van der Waals surface area contributed by atoms with Crippen molar-refractivity contribution in [1.82, 2.24) is 25.0 Å². The van der Waals surface area contributed by atoms with Crippen molar-refractivity contribution in [3.63, 3.8) is 0 Å². The SMILES string of the molecule is O=C(COc1ccccc1CNCc1ccnc(-n2cccn2)c1)N1CCCC1. The topological polar surface area (TPSA) is 72.3 Å². The van der Waals surface area contributed by atoms with Gasteiger partial charge in [0.25, 0.3) is 5.91 Å². The second kappa shape index (κ2) is 9.34. The van der Waals surface area contributed by atoms with Crippen LogP contribution in [0.2, 0.25) is 0 Å². The summed E-state index contributed by atoms with van der Waals surface area (Å²) in [5, 5.41) is 7.66. The minimum Gasteiger partial charge on any atom is -0.483 e. The van der Waals surface area contributed by atoms with Crippen LogP contribution in [-0.2, 0) is 17.9 Å². The van der Waals surface area contributed by atoms with E-state index in [-0.39, 0.29) is 12.5 Å². The highest BCUT2D eigenvalue weighted by molar-refractivity contribution is 5.78. The van der Waals surface area contributed by atoms with Gasteiger partial charge in [0.1, 0.15) is 5.75 Å². The fourth-order valence-electron chi connectivity index (χ4n) is 3.43. The molecule has 4 rings (SSSR count). The Balaban J connectivity index is 1.32. The molecule has 0 unspecified atom stereocenters. The minimum atomic E-state index is 0.0631. The van der Waals surface area contributed by atoms with Crippen LogP contribution in [-0.4, -0.2) is 45.3 Å². The number of nitrogens with zero attached hydrogens (tertiary/aromatic N) is 4. The molecule has 29 heavy (non-hydrogen) atoms. The maximum absolute atomic E-state index is 12.2. The minimum absolute atomic E-state index is 0.0631. The van der Waals surface area contributed by atoms with Crippen molar-refractivity contribution < 1.29 is 9.53 Å². The van der Waals surface area contributed by atoms with E-state index in [9.17, 15) is 4.79 Å². The molecule has 1 saturated heterocycles. The molecule has 1 aromatic carbocycles. The van der Waals surface area contributed by atoms with Crippen LogP contribution in [0.15, 0.2) is 61.1 Å². The molecule has 1 fully saturated rings. The lowest BCUT2D eigenvalue weighted by atomic mass is 10.2. The number of carbonyl (C=O) groups excluding carboxylic acids is 1. The number of pyridine rings is 1. The largest absolute Gasteiger partial charge is 0.483 e. The highest BCUT2D eigenvalue weighted by Crippen LogP contribution is 2.18. The number of nitrogens with one attached hydrogen (secondary N) is 1. The molecule has 7 heteroatoms. The van der Waals surface area contributed by atoms with E-state index in [4.69, 9.17) is 4.74 Å². The Morgan fingerprint density at radius 2 is 1.93 bits per heavy atom. The van der Waals surface area contributed by atoms with Crippen molar-refractivity contribution in [3.05, 3.63) is 72.2 Å². The number of para-hydroxylation sites is 1. The molecule has 0 aliphatic carbocycles. The quantitative estimate of drug-likeness (QED) is 0.639. The number of carbonyl (C=O) groups is 1. The molecule has 0 spiro atoms. The van der Waals surface area contributed by atoms with Gasteiger partial charge in [-0.15, -0.1) is 0 Å². The van der Waals surface area contributed by atoms with Crippen LogP contribution >= 0.6 is 0 Å². The fourth-order valence-corrected chi connectivity index (χ4v) is 3.43. The van der Waals surface area contributed by atoms with E-state index in [0.29, 0.717) is 13.1 Å². The molecule has 1 N–H and O–H groups in total. The van der Waals surface area contributed by atoms with Gasteiger partial charge in [0.2, 0.25) is 0 Å². The number of ether oxygens (including phenoxy) is 1. The second-order valence-corrected chi connectivity index (χ2v) is 7.06. The van der Waals surface area contributed by atoms with Crippen LogP contribution in [0.25, 0.3) is 5.82 Å². The summed E-state index contributed by atoms with van der Waals surface area (Å²) in [5.74, 6) is 1.60. The number of benzene rings is 1. The van der Waals surface area contributed by atoms with Gasteiger partial charge in [0.15, 0.2) is 12.4 Å². The predicted octanol–water partition coefficient (Wildman–Crippen LogP) is 2.56. The molecule has 1 aliphatic heterocycles. The van der Waals surface area contributed by atoms with Gasteiger partial charge in [-0.2, -0.15) is 5.10 Å². The Hall–Kier alpha value is -3.19. The summed E-state index contributed by atoms with van der Waals surface area (Å²) in [7, 11) is 0. The molecule has 3 aromatic rings. The van der Waals surface area contributed by atoms with Crippen molar-refractivity contribution in [2.75, 3.05) is 19.7 Å². The van der Waals surface area contributed by atoms with Gasteiger partial charge >= 0.3 is 0 Å². The zero-order valence-electron chi connectivity index (χ0n) is 16.3. The normalized spacial score (nSPS) is 13.6. The van der Waals surface area contributed by atoms with Crippen LogP contribution in [0, 0.1) is 0 Å². The Morgan fingerprint density at radius 3 is 2.76 bits per heavy atom. The number of rotatable bonds is 8. The maximum atomic E-state index is 12.2. The van der Waals surface area contributed by atoms with Crippen molar-refractivity contribution >= 4 is 5.91 Å². The summed E-state index contributed by atoms with van der Waals surface area (Å²) in [6.45, 7) is 3.12. The van der Waals surface area contributed by atoms with E-state index in [2.05, 4.69) is 15.4 Å². The van der Waals surface area contributed by atoms with Crippen molar-refractivity contribution in [2.45, 2.75) is 25.9 Å². The van der Waals surface area contributed by atoms with E-state index in [1.807, 2.05) is 53.6 Å². The van der Waals surface area contributed by atoms with Crippen LogP contribution in [0.4, 0.5) is 0 Å². The van der Waals surface area contributed by atoms with E-state index in [1.165, 1.54) is 0 Å². The third-order valence-corrected chi connectivity index (χ3v) is 4.98. The molecule has 0 radical (unpaired) electrons. The molecular weight excluding hydrogens is 366 g/mol. The second-order valence-electron chi connectivity index (χ2n) is 7.06. The predicted molar refractivity (Wildman–Crippen MR) is 110 cm³/mol. The summed E-state index contributed by atoms with van der Waals surface area (Å²) >= 11 is 0. The van der Waals surface area contributed by atoms with E-state index in [1.54, 1.807) is 17.1 Å². The summed E-state index contributed by atoms with van der Waals surface area (Å²) in [6.07, 6.45) is 7.57. The third-order valence-electron chi connectivity index (χ3n) is 4.98. The number of hydrogen-bond acceptors (Lipinski definition) is 5. The monoisotopic (exact) mass is 391 g/mol. The summed E-state index contributed by atoms with van der Waals surface area (Å²) in [5.41, 5.74) is 2.15. The van der Waals surface area contributed by atoms with Crippen LogP contribution in [0.5, 0.6) is 5.75 Å². The summed E-state index contributed by atoms with van der Waals surface area (Å²) in [6, 6.07) is 13.7. The number of hydrogen-bond donors (Lipinski definition) is 1. The van der Waals surface area contributed by atoms with Gasteiger partial charge in [-0.3, -0.25) is 4.79 Å². The van der Waals surface area contributed by atoms with Gasteiger partial charge in [-0.25, -0.2) is 9.67 Å². The first-order valence-electron chi connectivity index (χ1n) is 9.94. The molecule has 1 aliphatic rings. The van der Waals surface area contributed by atoms with Crippen molar-refractivity contribution in [3.8, 4) is 11.6 Å². The van der Waals surface area contributed by atoms with Gasteiger partial charge in [-0.1, -0.05) is 18.2 Å². The number of likely N-dealkylation sites (tertiary alicyclic amines) is 1. The zero-order valence-corrected chi connectivity index (χ0v) is 16.3. The van der Waals surface area contributed by atoms with Crippen LogP contribution < -0.4 is 10.1 Å². The van der Waals surface area contributed by atoms with Gasteiger partial charge < -0.3 is 15.0 Å². The van der Waals surface area contributed by atoms with Crippen LogP contribution in [0.3, 0.4) is 0 Å². The lowest BCUT2D eigenvalue weighted by Crippen LogP contribution is -2.32. The zero-order chi connectivity index (χ0) is 19.9. The highest BCUT2D eigenvalue weighted by Gasteiger charge is 2.18. The molecule has 7 nitrogen and oxygen atoms in total. The lowest BCUT2D eigenvalue weighted by Gasteiger charge is -2.17. The van der Waals surface area contributed by atoms with Gasteiger partial charge in [0.05, 0.1) is 0 Å². The number of amides is 1. The Kier molecular flexibility index (Phi) is 6.16. The highest BCUT2D eigenvalue weighted by atomic mass is 16.5. The molecule has 1 amide bonds. The average Bonchev–Trinajstić information content (AvgIpc) is 3.47. The summed E-state index contributed by atoms with van der Waals surface area (Å²) in [4.78, 5) is 18.5. The van der Waals surface area contributed by atoms with E-state index < -0.39 is 0 Å². The smallest absolute Gasteiger partial charge is 0.260 e. The van der Waals surface area contributed by atoms with E-state index in [0.717, 1.165) is 48.6 Å². The third kappa shape index (κ3) is 5.00. The van der Waals surface area contributed by atoms with E-state index >= 15 is 0 Å². The molecule has 0 saturated carbocycles. The average molecular weight is 391 g/mol. The Bertz CT molecular complexity index is 936. The van der Waals surface area contributed by atoms with Crippen molar-refractivity contribution in [1.29, 1.82) is 0 Å². The molecule has 0 bridgehead atoms. The molecule has 150 valence electrons. The Labute approximate surface area is 170 Å². The number of aromatic nitrogens is 3. The van der Waals surface area contributed by atoms with Gasteiger partial charge in [-0.05, 0) is 42.7 Å². The molecule has 3 heterocycles. The van der Waals surface area contributed by atoms with Crippen LogP contribution in [0.1, 0.15) is 24.0 Å². The maximum Gasteiger partial charge on any atom is 0.260 e. The van der Waals surface area contributed by atoms with Crippen molar-refractivity contribution in [2.24, 2.45) is 0 Å². The first kappa shape index (κ1) is 19.1. The Morgan fingerprint density at radius 1 is 1.07 bits per heavy atom. The standard InChI is InChI=1S/C22H25N5O2/c28-22(26-11-3-4-12-26)17-29-20-7-2-1-6-19(20)16-23-15-18-8-10-24-21(14-18)27-13-5-9-25-27/h1-2,5-10,13-14,23H,3-4,11-12,15-17H2. The fraction of sp³-hybridized carbons (Fsp3) is 0.318.